The SMILES string of the molecule is CC(C)[C@@H]1CO[C@@]23CCN(Cc4ccc(-c5ccn[nH]5)o4)[C@@H]2CC(=O)N13. The molecular formula is C19H24N4O3. The highest BCUT2D eigenvalue weighted by atomic mass is 16.5. The molecule has 0 bridgehead atoms. The van der Waals surface area contributed by atoms with E-state index in [-0.39, 0.29) is 18.0 Å². The van der Waals surface area contributed by atoms with Gasteiger partial charge < -0.3 is 14.1 Å². The lowest BCUT2D eigenvalue weighted by atomic mass is 10.0. The molecule has 3 saturated heterocycles. The van der Waals surface area contributed by atoms with Crippen molar-refractivity contribution in [3.8, 4) is 11.5 Å². The number of rotatable bonds is 4. The maximum atomic E-state index is 12.7. The van der Waals surface area contributed by atoms with Crippen LogP contribution in [0.3, 0.4) is 0 Å². The summed E-state index contributed by atoms with van der Waals surface area (Å²) in [5, 5.41) is 6.88. The van der Waals surface area contributed by atoms with Crippen molar-refractivity contribution in [1.29, 1.82) is 0 Å². The van der Waals surface area contributed by atoms with Crippen LogP contribution in [-0.4, -0.2) is 56.9 Å². The van der Waals surface area contributed by atoms with Gasteiger partial charge in [0.15, 0.2) is 11.5 Å². The third-order valence-corrected chi connectivity index (χ3v) is 6.16. The van der Waals surface area contributed by atoms with Gasteiger partial charge in [0.05, 0.1) is 25.2 Å². The van der Waals surface area contributed by atoms with Crippen molar-refractivity contribution in [3.63, 3.8) is 0 Å². The lowest BCUT2D eigenvalue weighted by molar-refractivity contribution is -0.139. The molecule has 1 spiro atoms. The summed E-state index contributed by atoms with van der Waals surface area (Å²) < 4.78 is 12.3. The first-order chi connectivity index (χ1) is 12.6. The summed E-state index contributed by atoms with van der Waals surface area (Å²) >= 11 is 0. The Bertz CT molecular complexity index is 815. The maximum absolute atomic E-state index is 12.7. The summed E-state index contributed by atoms with van der Waals surface area (Å²) in [4.78, 5) is 17.1. The molecule has 3 atom stereocenters. The molecule has 3 fully saturated rings. The van der Waals surface area contributed by atoms with Gasteiger partial charge in [-0.1, -0.05) is 13.8 Å². The van der Waals surface area contributed by atoms with Gasteiger partial charge in [-0.15, -0.1) is 0 Å². The second-order valence-corrected chi connectivity index (χ2v) is 7.91. The highest BCUT2D eigenvalue weighted by Crippen LogP contribution is 2.49. The van der Waals surface area contributed by atoms with Crippen molar-refractivity contribution in [2.24, 2.45) is 5.92 Å². The molecule has 2 aromatic rings. The van der Waals surface area contributed by atoms with E-state index in [1.54, 1.807) is 6.20 Å². The van der Waals surface area contributed by atoms with Crippen molar-refractivity contribution < 1.29 is 13.9 Å². The van der Waals surface area contributed by atoms with E-state index < -0.39 is 5.72 Å². The van der Waals surface area contributed by atoms with Gasteiger partial charge >= 0.3 is 0 Å². The van der Waals surface area contributed by atoms with Crippen LogP contribution in [0.1, 0.15) is 32.4 Å². The van der Waals surface area contributed by atoms with E-state index in [2.05, 4.69) is 33.8 Å². The minimum absolute atomic E-state index is 0.111. The van der Waals surface area contributed by atoms with Crippen molar-refractivity contribution in [1.82, 2.24) is 20.0 Å². The largest absolute Gasteiger partial charge is 0.458 e. The minimum Gasteiger partial charge on any atom is -0.458 e. The van der Waals surface area contributed by atoms with Gasteiger partial charge in [0.2, 0.25) is 5.91 Å². The van der Waals surface area contributed by atoms with Gasteiger partial charge in [0.25, 0.3) is 0 Å². The lowest BCUT2D eigenvalue weighted by Gasteiger charge is -2.34. The van der Waals surface area contributed by atoms with E-state index in [0.29, 0.717) is 25.5 Å². The number of ether oxygens (including phenoxy) is 1. The molecule has 2 aromatic heterocycles. The quantitative estimate of drug-likeness (QED) is 0.909. The first-order valence-corrected chi connectivity index (χ1v) is 9.37. The summed E-state index contributed by atoms with van der Waals surface area (Å²) in [6.45, 7) is 6.59. The van der Waals surface area contributed by atoms with Crippen LogP contribution in [-0.2, 0) is 16.1 Å². The molecule has 0 saturated carbocycles. The Balaban J connectivity index is 1.36. The number of aromatic nitrogens is 2. The number of carbonyl (C=O) groups excluding carboxylic acids is 1. The molecule has 0 unspecified atom stereocenters. The predicted octanol–water partition coefficient (Wildman–Crippen LogP) is 2.23. The standard InChI is InChI=1S/C19H24N4O3/c1-12(2)15-11-25-19-6-8-22(17(19)9-18(24)23(15)19)10-13-3-4-16(26-13)14-5-7-20-21-14/h3-5,7,12,15,17H,6,8-11H2,1-2H3,(H,20,21)/t15-,17+,19-/m0/s1. The fourth-order valence-electron chi connectivity index (χ4n) is 4.84. The van der Waals surface area contributed by atoms with Gasteiger partial charge in [-0.3, -0.25) is 14.8 Å². The maximum Gasteiger partial charge on any atom is 0.226 e. The lowest BCUT2D eigenvalue weighted by Crippen LogP contribution is -2.50. The van der Waals surface area contributed by atoms with E-state index in [4.69, 9.17) is 9.15 Å². The van der Waals surface area contributed by atoms with E-state index in [1.165, 1.54) is 0 Å². The first-order valence-electron chi connectivity index (χ1n) is 9.37. The highest BCUT2D eigenvalue weighted by molar-refractivity contribution is 5.82. The number of amides is 1. The molecule has 0 aromatic carbocycles. The van der Waals surface area contributed by atoms with Crippen molar-refractivity contribution in [3.05, 3.63) is 30.2 Å². The summed E-state index contributed by atoms with van der Waals surface area (Å²) in [5.74, 6) is 2.32. The molecule has 5 rings (SSSR count). The van der Waals surface area contributed by atoms with E-state index in [0.717, 1.165) is 30.2 Å². The molecule has 3 aliphatic heterocycles. The number of nitrogens with one attached hydrogen (secondary N) is 1. The summed E-state index contributed by atoms with van der Waals surface area (Å²) in [7, 11) is 0. The fourth-order valence-corrected chi connectivity index (χ4v) is 4.84. The van der Waals surface area contributed by atoms with Crippen LogP contribution in [0.4, 0.5) is 0 Å². The van der Waals surface area contributed by atoms with Gasteiger partial charge in [0.1, 0.15) is 11.5 Å². The minimum atomic E-state index is -0.426. The second-order valence-electron chi connectivity index (χ2n) is 7.91. The monoisotopic (exact) mass is 356 g/mol. The Hall–Kier alpha value is -2.12. The fraction of sp³-hybridized carbons (Fsp3) is 0.579. The normalized spacial score (nSPS) is 31.2. The molecule has 1 N–H and O–H groups in total. The molecule has 5 heterocycles. The molecule has 138 valence electrons. The third kappa shape index (κ3) is 2.20. The molecule has 26 heavy (non-hydrogen) atoms. The van der Waals surface area contributed by atoms with Crippen LogP contribution in [0.25, 0.3) is 11.5 Å². The van der Waals surface area contributed by atoms with Crippen molar-refractivity contribution in [2.75, 3.05) is 13.2 Å². The topological polar surface area (TPSA) is 74.6 Å². The van der Waals surface area contributed by atoms with E-state index >= 15 is 0 Å². The number of nitrogens with zero attached hydrogens (tertiary/aromatic N) is 3. The zero-order valence-electron chi connectivity index (χ0n) is 15.1. The van der Waals surface area contributed by atoms with Crippen LogP contribution < -0.4 is 0 Å². The van der Waals surface area contributed by atoms with Crippen LogP contribution >= 0.6 is 0 Å². The molecular weight excluding hydrogens is 332 g/mol. The summed E-state index contributed by atoms with van der Waals surface area (Å²) in [5.41, 5.74) is 0.445. The van der Waals surface area contributed by atoms with Crippen molar-refractivity contribution >= 4 is 5.91 Å². The Morgan fingerprint density at radius 1 is 1.38 bits per heavy atom. The Labute approximate surface area is 152 Å². The number of hydrogen-bond acceptors (Lipinski definition) is 5. The number of furan rings is 1. The number of hydrogen-bond donors (Lipinski definition) is 1. The Morgan fingerprint density at radius 2 is 2.27 bits per heavy atom. The average Bonchev–Trinajstić information content (AvgIpc) is 3.38. The van der Waals surface area contributed by atoms with Crippen molar-refractivity contribution in [2.45, 2.75) is 51.0 Å². The molecule has 0 aliphatic carbocycles. The van der Waals surface area contributed by atoms with E-state index in [1.807, 2.05) is 18.2 Å². The van der Waals surface area contributed by atoms with Crippen LogP contribution in [0.5, 0.6) is 0 Å². The summed E-state index contributed by atoms with van der Waals surface area (Å²) in [6, 6.07) is 6.16. The van der Waals surface area contributed by atoms with E-state index in [9.17, 15) is 4.79 Å². The number of carbonyl (C=O) groups is 1. The second kappa shape index (κ2) is 5.69. The predicted molar refractivity (Wildman–Crippen MR) is 93.9 cm³/mol. The zero-order valence-corrected chi connectivity index (χ0v) is 15.1. The van der Waals surface area contributed by atoms with Gasteiger partial charge in [-0.05, 0) is 24.1 Å². The highest BCUT2D eigenvalue weighted by Gasteiger charge is 2.64. The Kier molecular flexibility index (Phi) is 3.52. The molecule has 3 aliphatic rings. The third-order valence-electron chi connectivity index (χ3n) is 6.16. The van der Waals surface area contributed by atoms with Crippen LogP contribution in [0, 0.1) is 5.92 Å². The molecule has 0 radical (unpaired) electrons. The van der Waals surface area contributed by atoms with Gasteiger partial charge in [-0.2, -0.15) is 5.10 Å². The molecule has 1 amide bonds. The van der Waals surface area contributed by atoms with Crippen LogP contribution in [0.15, 0.2) is 28.8 Å². The summed E-state index contributed by atoms with van der Waals surface area (Å²) in [6.07, 6.45) is 3.13. The molecule has 7 nitrogen and oxygen atoms in total. The Morgan fingerprint density at radius 3 is 3.04 bits per heavy atom. The smallest absolute Gasteiger partial charge is 0.226 e. The molecule has 7 heteroatoms. The number of H-pyrrole nitrogens is 1. The average molecular weight is 356 g/mol. The van der Waals surface area contributed by atoms with Gasteiger partial charge in [0, 0.05) is 25.6 Å². The zero-order chi connectivity index (χ0) is 17.9. The van der Waals surface area contributed by atoms with Gasteiger partial charge in [-0.25, -0.2) is 0 Å². The first kappa shape index (κ1) is 16.1. The number of aromatic amines is 1. The number of likely N-dealkylation sites (tertiary alicyclic amines) is 1. The van der Waals surface area contributed by atoms with Crippen LogP contribution in [0.2, 0.25) is 0 Å².